The van der Waals surface area contributed by atoms with Crippen molar-refractivity contribution in [3.8, 4) is 51.9 Å². The lowest BCUT2D eigenvalue weighted by atomic mass is 9.95. The van der Waals surface area contributed by atoms with E-state index in [0.29, 0.717) is 22.3 Å². The summed E-state index contributed by atoms with van der Waals surface area (Å²) in [6.07, 6.45) is 0. The molecule has 8 aromatic rings. The monoisotopic (exact) mass is 638 g/mol. The Hall–Kier alpha value is -6.70. The van der Waals surface area contributed by atoms with Crippen LogP contribution in [0.2, 0.25) is 0 Å². The van der Waals surface area contributed by atoms with Crippen molar-refractivity contribution < 1.29 is 14.2 Å². The number of hydrogen-bond donors (Lipinski definition) is 0. The molecule has 8 rings (SSSR count). The first-order valence-electron chi connectivity index (χ1n) is 15.8. The molecule has 0 aliphatic carbocycles. The van der Waals surface area contributed by atoms with Crippen molar-refractivity contribution in [2.45, 2.75) is 6.92 Å². The summed E-state index contributed by atoms with van der Waals surface area (Å²) < 4.78 is 21.1. The van der Waals surface area contributed by atoms with Gasteiger partial charge in [-0.1, -0.05) is 11.6 Å². The number of nitriles is 2. The number of nitrogens with zero attached hydrogens (tertiary/aromatic N) is 4. The maximum atomic E-state index is 10.4. The van der Waals surface area contributed by atoms with E-state index in [1.807, 2.05) is 78.9 Å². The molecule has 0 saturated heterocycles. The maximum absolute atomic E-state index is 10.4. The van der Waals surface area contributed by atoms with Crippen LogP contribution < -0.4 is 14.2 Å². The first-order chi connectivity index (χ1) is 24.0. The van der Waals surface area contributed by atoms with Crippen molar-refractivity contribution in [2.75, 3.05) is 21.3 Å². The van der Waals surface area contributed by atoms with Crippen molar-refractivity contribution in [2.24, 2.45) is 0 Å². The third kappa shape index (κ3) is 4.64. The van der Waals surface area contributed by atoms with Crippen molar-refractivity contribution >= 4 is 43.6 Å². The van der Waals surface area contributed by atoms with E-state index in [-0.39, 0.29) is 0 Å². The van der Waals surface area contributed by atoms with Crippen molar-refractivity contribution in [1.29, 1.82) is 10.5 Å². The van der Waals surface area contributed by atoms with Gasteiger partial charge in [-0.2, -0.15) is 10.5 Å². The zero-order valence-electron chi connectivity index (χ0n) is 27.4. The Labute approximate surface area is 282 Å². The third-order valence-corrected chi connectivity index (χ3v) is 9.36. The molecular weight excluding hydrogens is 608 g/mol. The van der Waals surface area contributed by atoms with Crippen LogP contribution in [0.3, 0.4) is 0 Å². The zero-order valence-corrected chi connectivity index (χ0v) is 27.4. The molecule has 0 aliphatic rings. The normalized spacial score (nSPS) is 11.2. The van der Waals surface area contributed by atoms with Crippen LogP contribution in [0.1, 0.15) is 16.7 Å². The van der Waals surface area contributed by atoms with Gasteiger partial charge < -0.3 is 23.3 Å². The van der Waals surface area contributed by atoms with Crippen molar-refractivity contribution in [3.05, 3.63) is 126 Å². The molecule has 7 nitrogen and oxygen atoms in total. The summed E-state index contributed by atoms with van der Waals surface area (Å²) in [4.78, 5) is 0. The molecule has 2 heterocycles. The molecular formula is C42H30N4O3. The molecule has 2 aromatic heterocycles. The summed E-state index contributed by atoms with van der Waals surface area (Å²) in [5.41, 5.74) is 9.22. The van der Waals surface area contributed by atoms with Crippen LogP contribution in [0.25, 0.3) is 66.1 Å². The van der Waals surface area contributed by atoms with Crippen LogP contribution in [0.5, 0.6) is 17.2 Å². The average molecular weight is 639 g/mol. The molecule has 0 unspecified atom stereocenters. The van der Waals surface area contributed by atoms with Crippen LogP contribution in [0, 0.1) is 29.6 Å². The second-order valence-corrected chi connectivity index (χ2v) is 12.0. The van der Waals surface area contributed by atoms with Gasteiger partial charge in [0.05, 0.1) is 66.7 Å². The van der Waals surface area contributed by atoms with Crippen molar-refractivity contribution in [1.82, 2.24) is 9.13 Å². The predicted molar refractivity (Wildman–Crippen MR) is 194 cm³/mol. The highest BCUT2D eigenvalue weighted by molar-refractivity contribution is 6.11. The van der Waals surface area contributed by atoms with E-state index in [0.717, 1.165) is 77.8 Å². The summed E-state index contributed by atoms with van der Waals surface area (Å²) in [5, 5.41) is 24.9. The van der Waals surface area contributed by atoms with E-state index < -0.39 is 0 Å². The van der Waals surface area contributed by atoms with Crippen LogP contribution >= 0.6 is 0 Å². The first-order valence-corrected chi connectivity index (χ1v) is 15.8. The second kappa shape index (κ2) is 11.5. The number of benzene rings is 6. The van der Waals surface area contributed by atoms with Gasteiger partial charge in [-0.3, -0.25) is 0 Å². The second-order valence-electron chi connectivity index (χ2n) is 12.0. The van der Waals surface area contributed by atoms with Gasteiger partial charge in [0.1, 0.15) is 17.2 Å². The highest BCUT2D eigenvalue weighted by Crippen LogP contribution is 2.40. The molecule has 0 bridgehead atoms. The van der Waals surface area contributed by atoms with Crippen LogP contribution in [0.15, 0.2) is 109 Å². The highest BCUT2D eigenvalue weighted by atomic mass is 16.5. The lowest BCUT2D eigenvalue weighted by Crippen LogP contribution is -1.99. The predicted octanol–water partition coefficient (Wildman–Crippen LogP) is 9.63. The van der Waals surface area contributed by atoms with Gasteiger partial charge in [0.15, 0.2) is 0 Å². The van der Waals surface area contributed by atoms with Gasteiger partial charge in [0.25, 0.3) is 0 Å². The average Bonchev–Trinajstić information content (AvgIpc) is 3.65. The van der Waals surface area contributed by atoms with Crippen LogP contribution in [0.4, 0.5) is 0 Å². The molecule has 49 heavy (non-hydrogen) atoms. The van der Waals surface area contributed by atoms with E-state index in [1.54, 1.807) is 21.3 Å². The minimum Gasteiger partial charge on any atom is -0.497 e. The Balaban J connectivity index is 1.38. The van der Waals surface area contributed by atoms with Crippen LogP contribution in [-0.2, 0) is 0 Å². The summed E-state index contributed by atoms with van der Waals surface area (Å²) in [5.74, 6) is 2.29. The van der Waals surface area contributed by atoms with Gasteiger partial charge in [-0.15, -0.1) is 0 Å². The quantitative estimate of drug-likeness (QED) is 0.181. The number of ether oxygens (including phenoxy) is 3. The topological polar surface area (TPSA) is 85.1 Å². The molecule has 0 spiro atoms. The summed E-state index contributed by atoms with van der Waals surface area (Å²) >= 11 is 0. The van der Waals surface area contributed by atoms with E-state index >= 15 is 0 Å². The third-order valence-electron chi connectivity index (χ3n) is 9.36. The number of rotatable bonds is 6. The lowest BCUT2D eigenvalue weighted by molar-refractivity contribution is 0.415. The van der Waals surface area contributed by atoms with Crippen LogP contribution in [-0.4, -0.2) is 30.5 Å². The fraction of sp³-hybridized carbons (Fsp3) is 0.0952. The summed E-state index contributed by atoms with van der Waals surface area (Å²) in [6, 6.07) is 40.9. The summed E-state index contributed by atoms with van der Waals surface area (Å²) in [6.45, 7) is 2.09. The highest BCUT2D eigenvalue weighted by Gasteiger charge is 2.19. The van der Waals surface area contributed by atoms with Crippen molar-refractivity contribution in [3.63, 3.8) is 0 Å². The first kappa shape index (κ1) is 29.7. The molecule has 7 heteroatoms. The Kier molecular flexibility index (Phi) is 6.98. The fourth-order valence-corrected chi connectivity index (χ4v) is 7.02. The largest absolute Gasteiger partial charge is 0.497 e. The Morgan fingerprint density at radius 1 is 0.449 bits per heavy atom. The van der Waals surface area contributed by atoms with Gasteiger partial charge in [-0.25, -0.2) is 0 Å². The molecule has 0 N–H and O–H groups in total. The Morgan fingerprint density at radius 3 is 1.18 bits per heavy atom. The van der Waals surface area contributed by atoms with E-state index in [1.165, 1.54) is 0 Å². The number of hydrogen-bond acceptors (Lipinski definition) is 5. The van der Waals surface area contributed by atoms with Gasteiger partial charge in [0, 0.05) is 44.0 Å². The van der Waals surface area contributed by atoms with Gasteiger partial charge >= 0.3 is 0 Å². The Bertz CT molecular complexity index is 2660. The molecule has 0 saturated carbocycles. The van der Waals surface area contributed by atoms with Gasteiger partial charge in [0.2, 0.25) is 0 Å². The molecule has 0 fully saturated rings. The number of aryl methyl sites for hydroxylation is 1. The Morgan fingerprint density at radius 2 is 0.816 bits per heavy atom. The number of fused-ring (bicyclic) bond motifs is 6. The fourth-order valence-electron chi connectivity index (χ4n) is 7.02. The molecule has 0 atom stereocenters. The van der Waals surface area contributed by atoms with E-state index in [2.05, 4.69) is 58.5 Å². The molecule has 236 valence electrons. The smallest absolute Gasteiger partial charge is 0.119 e. The minimum absolute atomic E-state index is 0.476. The van der Waals surface area contributed by atoms with E-state index in [4.69, 9.17) is 14.2 Å². The lowest BCUT2D eigenvalue weighted by Gasteiger charge is -2.15. The number of aromatic nitrogens is 2. The zero-order chi connectivity index (χ0) is 33.8. The summed E-state index contributed by atoms with van der Waals surface area (Å²) in [7, 11) is 4.99. The van der Waals surface area contributed by atoms with E-state index in [9.17, 15) is 10.5 Å². The SMILES string of the molecule is COc1ccc2c(c1)c1cc(C)ccc1n2-c1ccc(C#N)c(-c2cc(-n3c4ccc(OC)cc4c4cc(OC)ccc43)ccc2C#N)c1. The standard InChI is InChI=1S/C42H30N4O3/c1-25-5-13-39-35(17-25)36-20-30(47-2)10-14-40(36)45(39)28-8-6-26(23-43)33(18-28)34-19-29(9-7-27(34)24-44)46-41-15-11-31(48-3)21-37(41)38-22-32(49-4)12-16-42(38)46/h5-22H,1-4H3. The van der Waals surface area contributed by atoms with Gasteiger partial charge in [-0.05, 0) is 110 Å². The molecule has 0 amide bonds. The maximum Gasteiger partial charge on any atom is 0.119 e. The molecule has 0 radical (unpaired) electrons. The number of methoxy groups -OCH3 is 3. The molecule has 0 aliphatic heterocycles. The minimum atomic E-state index is 0.476. The molecule has 6 aromatic carbocycles.